The summed E-state index contributed by atoms with van der Waals surface area (Å²) in [6, 6.07) is -0.269. The van der Waals surface area contributed by atoms with Gasteiger partial charge in [0.2, 0.25) is 0 Å². The monoisotopic (exact) mass is 209 g/mol. The lowest BCUT2D eigenvalue weighted by atomic mass is 9.88. The highest BCUT2D eigenvalue weighted by Gasteiger charge is 2.32. The zero-order chi connectivity index (χ0) is 10.8. The third-order valence-corrected chi connectivity index (χ3v) is 3.24. The van der Waals surface area contributed by atoms with Crippen molar-refractivity contribution in [1.82, 2.24) is 0 Å². The number of hydrogen-bond acceptors (Lipinski definition) is 1. The second-order valence-electron chi connectivity index (χ2n) is 4.39. The van der Waals surface area contributed by atoms with Crippen LogP contribution in [0.15, 0.2) is 0 Å². The molecule has 0 radical (unpaired) electrons. The van der Waals surface area contributed by atoms with Gasteiger partial charge in [-0.2, -0.15) is 13.2 Å². The third kappa shape index (κ3) is 3.48. The lowest BCUT2D eigenvalue weighted by Gasteiger charge is -2.23. The topological polar surface area (TPSA) is 26.0 Å². The molecule has 0 aromatic carbocycles. The highest BCUT2D eigenvalue weighted by atomic mass is 19.4. The average Bonchev–Trinajstić information content (AvgIpc) is 2.46. The van der Waals surface area contributed by atoms with Crippen molar-refractivity contribution in [3.05, 3.63) is 0 Å². The highest BCUT2D eigenvalue weighted by Crippen LogP contribution is 2.35. The smallest absolute Gasteiger partial charge is 0.327 e. The first-order valence-electron chi connectivity index (χ1n) is 5.22. The molecule has 14 heavy (non-hydrogen) atoms. The van der Waals surface area contributed by atoms with Gasteiger partial charge < -0.3 is 5.73 Å². The van der Waals surface area contributed by atoms with Crippen molar-refractivity contribution < 1.29 is 13.2 Å². The van der Waals surface area contributed by atoms with Gasteiger partial charge in [0.15, 0.2) is 0 Å². The molecule has 0 saturated heterocycles. The van der Waals surface area contributed by atoms with Crippen LogP contribution in [0.25, 0.3) is 0 Å². The fourth-order valence-electron chi connectivity index (χ4n) is 2.35. The molecule has 2 N–H and O–H groups in total. The molecule has 84 valence electrons. The second kappa shape index (κ2) is 4.51. The van der Waals surface area contributed by atoms with Crippen LogP contribution in [0.4, 0.5) is 13.2 Å². The molecule has 1 fully saturated rings. The maximum Gasteiger partial charge on any atom is 0.389 e. The largest absolute Gasteiger partial charge is 0.389 e. The second-order valence-corrected chi connectivity index (χ2v) is 4.39. The molecule has 3 unspecified atom stereocenters. The Morgan fingerprint density at radius 3 is 2.43 bits per heavy atom. The van der Waals surface area contributed by atoms with Gasteiger partial charge in [-0.15, -0.1) is 0 Å². The molecule has 0 spiro atoms. The minimum Gasteiger partial charge on any atom is -0.327 e. The van der Waals surface area contributed by atoms with Crippen LogP contribution < -0.4 is 5.73 Å². The van der Waals surface area contributed by atoms with E-state index >= 15 is 0 Å². The zero-order valence-electron chi connectivity index (χ0n) is 8.48. The van der Waals surface area contributed by atoms with E-state index in [9.17, 15) is 13.2 Å². The molecule has 0 bridgehead atoms. The zero-order valence-corrected chi connectivity index (χ0v) is 8.48. The van der Waals surface area contributed by atoms with Gasteiger partial charge in [-0.25, -0.2) is 0 Å². The van der Waals surface area contributed by atoms with E-state index in [1.54, 1.807) is 0 Å². The van der Waals surface area contributed by atoms with Crippen molar-refractivity contribution in [3.63, 3.8) is 0 Å². The average molecular weight is 209 g/mol. The van der Waals surface area contributed by atoms with Crippen molar-refractivity contribution in [2.45, 2.75) is 51.2 Å². The Hall–Kier alpha value is -0.250. The molecule has 0 aliphatic heterocycles. The van der Waals surface area contributed by atoms with Crippen LogP contribution in [0.5, 0.6) is 0 Å². The molecule has 1 saturated carbocycles. The Labute approximate surface area is 82.9 Å². The van der Waals surface area contributed by atoms with Crippen LogP contribution in [-0.2, 0) is 0 Å². The molecular formula is C10H18F3N. The van der Waals surface area contributed by atoms with Crippen molar-refractivity contribution >= 4 is 0 Å². The Morgan fingerprint density at radius 2 is 2.00 bits per heavy atom. The molecule has 1 aliphatic rings. The van der Waals surface area contributed by atoms with Gasteiger partial charge in [-0.05, 0) is 24.7 Å². The summed E-state index contributed by atoms with van der Waals surface area (Å²) in [5.41, 5.74) is 5.78. The van der Waals surface area contributed by atoms with Crippen LogP contribution >= 0.6 is 0 Å². The molecular weight excluding hydrogens is 191 g/mol. The summed E-state index contributed by atoms with van der Waals surface area (Å²) in [7, 11) is 0. The first-order chi connectivity index (χ1) is 6.40. The van der Waals surface area contributed by atoms with Gasteiger partial charge in [0, 0.05) is 12.5 Å². The van der Waals surface area contributed by atoms with Crippen molar-refractivity contribution in [1.29, 1.82) is 0 Å². The summed E-state index contributed by atoms with van der Waals surface area (Å²) in [5.74, 6) is 0.801. The summed E-state index contributed by atoms with van der Waals surface area (Å²) in [6.45, 7) is 2.09. The van der Waals surface area contributed by atoms with Crippen LogP contribution in [-0.4, -0.2) is 12.2 Å². The van der Waals surface area contributed by atoms with E-state index in [-0.39, 0.29) is 12.5 Å². The van der Waals surface area contributed by atoms with Gasteiger partial charge in [0.1, 0.15) is 0 Å². The van der Waals surface area contributed by atoms with E-state index in [0.717, 1.165) is 19.3 Å². The summed E-state index contributed by atoms with van der Waals surface area (Å²) in [6.07, 6.45) is -1.48. The van der Waals surface area contributed by atoms with Gasteiger partial charge in [-0.1, -0.05) is 19.8 Å². The minimum absolute atomic E-state index is 0.0819. The van der Waals surface area contributed by atoms with Crippen molar-refractivity contribution in [3.8, 4) is 0 Å². The molecule has 1 rings (SSSR count). The van der Waals surface area contributed by atoms with Gasteiger partial charge in [-0.3, -0.25) is 0 Å². The SMILES string of the molecule is CC1CCCC1C(N)CCC(F)(F)F. The number of alkyl halides is 3. The predicted molar refractivity (Wildman–Crippen MR) is 49.8 cm³/mol. The van der Waals surface area contributed by atoms with Crippen molar-refractivity contribution in [2.24, 2.45) is 17.6 Å². The normalized spacial score (nSPS) is 30.6. The molecule has 0 aromatic rings. The standard InChI is InChI=1S/C10H18F3N/c1-7-3-2-4-8(7)9(14)5-6-10(11,12)13/h7-9H,2-6,14H2,1H3. The Balaban J connectivity index is 2.31. The first-order valence-corrected chi connectivity index (χ1v) is 5.22. The maximum atomic E-state index is 11.9. The van der Waals surface area contributed by atoms with E-state index in [0.29, 0.717) is 11.8 Å². The lowest BCUT2D eigenvalue weighted by Crippen LogP contribution is -2.32. The van der Waals surface area contributed by atoms with Gasteiger partial charge in [0.05, 0.1) is 0 Å². The highest BCUT2D eigenvalue weighted by molar-refractivity contribution is 4.83. The summed E-state index contributed by atoms with van der Waals surface area (Å²) >= 11 is 0. The molecule has 1 nitrogen and oxygen atoms in total. The van der Waals surface area contributed by atoms with E-state index in [2.05, 4.69) is 6.92 Å². The maximum absolute atomic E-state index is 11.9. The van der Waals surface area contributed by atoms with E-state index in [1.165, 1.54) is 0 Å². The lowest BCUT2D eigenvalue weighted by molar-refractivity contribution is -0.136. The first kappa shape index (κ1) is 11.8. The molecule has 0 amide bonds. The molecule has 1 aliphatic carbocycles. The van der Waals surface area contributed by atoms with Crippen LogP contribution in [0.3, 0.4) is 0 Å². The summed E-state index contributed by atoms with van der Waals surface area (Å²) < 4.78 is 35.8. The summed E-state index contributed by atoms with van der Waals surface area (Å²) in [4.78, 5) is 0. The fraction of sp³-hybridized carbons (Fsp3) is 1.00. The predicted octanol–water partition coefficient (Wildman–Crippen LogP) is 3.09. The van der Waals surface area contributed by atoms with E-state index < -0.39 is 12.6 Å². The summed E-state index contributed by atoms with van der Waals surface area (Å²) in [5, 5.41) is 0. The van der Waals surface area contributed by atoms with E-state index in [4.69, 9.17) is 5.73 Å². The molecule has 4 heteroatoms. The molecule has 0 aromatic heterocycles. The Kier molecular flexibility index (Phi) is 3.81. The van der Waals surface area contributed by atoms with Crippen LogP contribution in [0.2, 0.25) is 0 Å². The number of nitrogens with two attached hydrogens (primary N) is 1. The minimum atomic E-state index is -4.06. The fourth-order valence-corrected chi connectivity index (χ4v) is 2.35. The molecule has 0 heterocycles. The van der Waals surface area contributed by atoms with Crippen molar-refractivity contribution in [2.75, 3.05) is 0 Å². The number of rotatable bonds is 3. The Bertz CT molecular complexity index is 179. The number of halogens is 3. The van der Waals surface area contributed by atoms with Crippen LogP contribution in [0, 0.1) is 11.8 Å². The van der Waals surface area contributed by atoms with E-state index in [1.807, 2.05) is 0 Å². The van der Waals surface area contributed by atoms with Gasteiger partial charge in [0.25, 0.3) is 0 Å². The third-order valence-electron chi connectivity index (χ3n) is 3.24. The Morgan fingerprint density at radius 1 is 1.36 bits per heavy atom. The quantitative estimate of drug-likeness (QED) is 0.759. The molecule has 3 atom stereocenters. The number of hydrogen-bond donors (Lipinski definition) is 1. The van der Waals surface area contributed by atoms with Crippen LogP contribution in [0.1, 0.15) is 39.0 Å². The van der Waals surface area contributed by atoms with Gasteiger partial charge >= 0.3 is 6.18 Å².